The molecule has 2 aliphatic rings. The molecule has 0 amide bonds. The van der Waals surface area contributed by atoms with Crippen LogP contribution in [0.4, 0.5) is 0 Å². The van der Waals surface area contributed by atoms with Gasteiger partial charge in [0, 0.05) is 0 Å². The molecule has 0 aromatic rings. The van der Waals surface area contributed by atoms with E-state index in [4.69, 9.17) is 0 Å². The van der Waals surface area contributed by atoms with Crippen molar-refractivity contribution in [2.24, 2.45) is 0 Å². The normalized spacial score (nSPS) is 13.1. The third-order valence-electron chi connectivity index (χ3n) is 1.17. The number of rotatable bonds is 0. The summed E-state index contributed by atoms with van der Waals surface area (Å²) in [6.07, 6.45) is 20.0. The van der Waals surface area contributed by atoms with E-state index in [1.54, 1.807) is 20.0 Å². The van der Waals surface area contributed by atoms with Gasteiger partial charge >= 0.3 is 24.8 Å². The van der Waals surface area contributed by atoms with Gasteiger partial charge in [0.05, 0.1) is 0 Å². The van der Waals surface area contributed by atoms with Gasteiger partial charge < -0.3 is 0 Å². The molecule has 0 aromatic heterocycles. The SMILES string of the molecule is [C-]1=CC=CC1.[C-]1=CC=CC1.[CH2]=[Ti+2].[CH3][Al][CH3]. The number of allylic oxidation sites excluding steroid dienone is 8. The van der Waals surface area contributed by atoms with Crippen LogP contribution in [-0.2, 0) is 20.0 Å². The zero-order chi connectivity index (χ0) is 11.8. The Labute approximate surface area is 112 Å². The fraction of sp³-hybridized carbons (Fsp3) is 0.308. The molecule has 0 saturated carbocycles. The minimum atomic E-state index is 0.750. The predicted octanol–water partition coefficient (Wildman–Crippen LogP) is 3.36. The second-order valence-corrected chi connectivity index (χ2v) is 3.74. The molecular weight excluding hydrogens is 231 g/mol. The van der Waals surface area contributed by atoms with Gasteiger partial charge in [-0.2, -0.15) is 12.2 Å². The van der Waals surface area contributed by atoms with Crippen LogP contribution in [0, 0.1) is 12.2 Å². The monoisotopic (exact) mass is 249 g/mol. The molecule has 0 N–H and O–H groups in total. The van der Waals surface area contributed by atoms with Crippen LogP contribution in [-0.4, -0.2) is 20.0 Å². The van der Waals surface area contributed by atoms with Gasteiger partial charge in [0.2, 0.25) is 0 Å². The molecule has 0 atom stereocenters. The molecule has 2 aliphatic carbocycles. The van der Waals surface area contributed by atoms with Crippen LogP contribution in [0.15, 0.2) is 36.5 Å². The molecule has 0 unspecified atom stereocenters. The predicted molar refractivity (Wildman–Crippen MR) is 67.7 cm³/mol. The summed E-state index contributed by atoms with van der Waals surface area (Å²) in [6.45, 7) is 0. The van der Waals surface area contributed by atoms with Crippen molar-refractivity contribution in [3.05, 3.63) is 48.6 Å². The zero-order valence-electron chi connectivity index (χ0n) is 9.66. The first-order valence-corrected chi connectivity index (χ1v) is 8.36. The molecule has 0 saturated heterocycles. The number of hydrogen-bond donors (Lipinski definition) is 0. The van der Waals surface area contributed by atoms with Crippen molar-refractivity contribution in [2.75, 3.05) is 0 Å². The second-order valence-electron chi connectivity index (χ2n) is 2.58. The van der Waals surface area contributed by atoms with Gasteiger partial charge in [-0.3, -0.25) is 12.2 Å². The first-order valence-electron chi connectivity index (χ1n) is 4.94. The van der Waals surface area contributed by atoms with E-state index in [-0.39, 0.29) is 0 Å². The molecule has 0 aliphatic heterocycles. The molecule has 15 heavy (non-hydrogen) atoms. The summed E-state index contributed by atoms with van der Waals surface area (Å²) < 4.78 is 0. The molecule has 1 radical (unpaired) electrons. The third kappa shape index (κ3) is 20.2. The average Bonchev–Trinajstić information content (AvgIpc) is 3.01. The molecule has 0 nitrogen and oxygen atoms in total. The van der Waals surface area contributed by atoms with E-state index in [0.29, 0.717) is 0 Å². The summed E-state index contributed by atoms with van der Waals surface area (Å²) in [7, 11) is 0. The molecule has 77 valence electrons. The Bertz CT molecular complexity index is 173. The summed E-state index contributed by atoms with van der Waals surface area (Å²) in [4.78, 5) is 3.25. The van der Waals surface area contributed by atoms with Crippen LogP contribution < -0.4 is 0 Å². The number of hydrogen-bond acceptors (Lipinski definition) is 0. The van der Waals surface area contributed by atoms with Crippen molar-refractivity contribution in [1.29, 1.82) is 0 Å². The standard InChI is InChI=1S/2C5H5.2CH3.CH2.Al.Ti/c2*1-2-4-5-3-1;;;;;/h2*1-3H,4H2;2*1H3;1H2;;/q2*-1;;;;;+2. The fourth-order valence-electron chi connectivity index (χ4n) is 0.680. The summed E-state index contributed by atoms with van der Waals surface area (Å²) in [6, 6.07) is 0. The van der Waals surface area contributed by atoms with Gasteiger partial charge in [-0.1, -0.05) is 0 Å². The molecule has 2 heteroatoms. The van der Waals surface area contributed by atoms with Crippen molar-refractivity contribution in [2.45, 2.75) is 24.4 Å². The maximum atomic E-state index is 3.25. The van der Waals surface area contributed by atoms with E-state index in [2.05, 4.69) is 40.7 Å². The average molecular weight is 249 g/mol. The van der Waals surface area contributed by atoms with E-state index in [0.717, 1.165) is 28.1 Å². The minimum absolute atomic E-state index is 0.750. The third-order valence-corrected chi connectivity index (χ3v) is 1.17. The quantitative estimate of drug-likeness (QED) is 0.456. The van der Waals surface area contributed by atoms with Gasteiger partial charge in [-0.05, 0) is 0 Å². The van der Waals surface area contributed by atoms with E-state index in [1.165, 1.54) is 0 Å². The molecule has 0 aromatic carbocycles. The van der Waals surface area contributed by atoms with Crippen molar-refractivity contribution in [3.8, 4) is 0 Å². The summed E-state index contributed by atoms with van der Waals surface area (Å²) in [5.74, 6) is 4.42. The van der Waals surface area contributed by atoms with Crippen LogP contribution in [0.3, 0.4) is 0 Å². The van der Waals surface area contributed by atoms with Crippen LogP contribution >= 0.6 is 0 Å². The van der Waals surface area contributed by atoms with Crippen LogP contribution in [0.1, 0.15) is 12.8 Å². The molecule has 0 fully saturated rings. The van der Waals surface area contributed by atoms with E-state index in [9.17, 15) is 0 Å². The van der Waals surface area contributed by atoms with Crippen LogP contribution in [0.25, 0.3) is 0 Å². The molecule has 0 bridgehead atoms. The van der Waals surface area contributed by atoms with Crippen molar-refractivity contribution in [3.63, 3.8) is 0 Å². The summed E-state index contributed by atoms with van der Waals surface area (Å²) in [5.41, 5.74) is 0. The van der Waals surface area contributed by atoms with Gasteiger partial charge in [0.15, 0.2) is 15.2 Å². The Balaban J connectivity index is 0. The Hall–Kier alpha value is 0.0768. The van der Waals surface area contributed by atoms with E-state index < -0.39 is 0 Å². The minimum Gasteiger partial charge on any atom is -0.115 e. The van der Waals surface area contributed by atoms with Gasteiger partial charge in [-0.25, -0.2) is 24.3 Å². The Morgan fingerprint density at radius 3 is 1.40 bits per heavy atom. The molecule has 0 heterocycles. The van der Waals surface area contributed by atoms with Gasteiger partial charge in [0.1, 0.15) is 0 Å². The molecule has 2 rings (SSSR count). The van der Waals surface area contributed by atoms with Gasteiger partial charge in [-0.15, -0.1) is 24.4 Å². The van der Waals surface area contributed by atoms with Crippen molar-refractivity contribution < 1.29 is 20.0 Å². The Morgan fingerprint density at radius 1 is 1.00 bits per heavy atom. The fourth-order valence-corrected chi connectivity index (χ4v) is 0.680. The second kappa shape index (κ2) is 19.6. The van der Waals surface area contributed by atoms with Crippen LogP contribution in [0.2, 0.25) is 11.6 Å². The first kappa shape index (κ1) is 17.5. The Morgan fingerprint density at radius 2 is 1.33 bits per heavy atom. The van der Waals surface area contributed by atoms with Crippen LogP contribution in [0.5, 0.6) is 0 Å². The topological polar surface area (TPSA) is 0 Å². The van der Waals surface area contributed by atoms with Crippen molar-refractivity contribution in [1.82, 2.24) is 0 Å². The zero-order valence-corrected chi connectivity index (χ0v) is 12.4. The van der Waals surface area contributed by atoms with E-state index >= 15 is 0 Å². The van der Waals surface area contributed by atoms with Gasteiger partial charge in [0.25, 0.3) is 0 Å². The first-order chi connectivity index (χ1) is 7.41. The summed E-state index contributed by atoms with van der Waals surface area (Å²) in [5, 5.41) is 0. The molecule has 0 spiro atoms. The maximum Gasteiger partial charge on any atom is 0.191 e. The smallest absolute Gasteiger partial charge is 0.115 e. The Kier molecular flexibility index (Phi) is 22.9. The van der Waals surface area contributed by atoms with E-state index in [1.807, 2.05) is 24.3 Å². The maximum absolute atomic E-state index is 3.25. The largest absolute Gasteiger partial charge is 0.191 e. The molecular formula is C13H18AlTi. The van der Waals surface area contributed by atoms with Crippen molar-refractivity contribution >= 4 is 20.0 Å². The summed E-state index contributed by atoms with van der Waals surface area (Å²) >= 11 is 2.50.